The molecule has 0 aromatic heterocycles. The van der Waals surface area contributed by atoms with Crippen LogP contribution < -0.4 is 20.1 Å². The average Bonchev–Trinajstić information content (AvgIpc) is 2.47. The monoisotopic (exact) mass is 316 g/mol. The van der Waals surface area contributed by atoms with Gasteiger partial charge in [0.05, 0.1) is 24.8 Å². The Morgan fingerprint density at radius 3 is 2.24 bits per heavy atom. The maximum atomic E-state index is 11.1. The van der Waals surface area contributed by atoms with Gasteiger partial charge in [0.15, 0.2) is 6.29 Å². The number of carbonyl (C=O) groups is 1. The molecule has 0 N–H and O–H groups in total. The molecule has 0 heterocycles. The Morgan fingerprint density at radius 2 is 1.71 bits per heavy atom. The molecule has 3 nitrogen and oxygen atoms in total. The van der Waals surface area contributed by atoms with Crippen LogP contribution in [0.4, 0.5) is 0 Å². The van der Waals surface area contributed by atoms with Crippen LogP contribution in [0.1, 0.15) is 10.4 Å². The van der Waals surface area contributed by atoms with E-state index in [4.69, 9.17) is 21.1 Å². The fraction of sp³-hybridized carbons (Fsp3) is 0.133. The summed E-state index contributed by atoms with van der Waals surface area (Å²) in [6.45, 7) is 0. The molecule has 0 aliphatic rings. The Hall–Kier alpha value is -0.973. The second-order valence-corrected chi connectivity index (χ2v) is 5.86. The molecule has 0 aliphatic heterocycles. The molecule has 0 aliphatic carbocycles. The zero-order valence-electron chi connectivity index (χ0n) is 11.1. The Morgan fingerprint density at radius 1 is 1.05 bits per heavy atom. The van der Waals surface area contributed by atoms with Gasteiger partial charge in [-0.3, -0.25) is 4.79 Å². The predicted molar refractivity (Wildman–Crippen MR) is 91.1 cm³/mol. The second kappa shape index (κ2) is 8.47. The Bertz CT molecular complexity index is 617. The topological polar surface area (TPSA) is 35.5 Å². The molecule has 2 rings (SSSR count). The third-order valence-corrected chi connectivity index (χ3v) is 4.26. The summed E-state index contributed by atoms with van der Waals surface area (Å²) in [6, 6.07) is 11.4. The van der Waals surface area contributed by atoms with Crippen LogP contribution in [0.15, 0.2) is 36.4 Å². The molecular formula is C15H15ClLiO3P. The minimum absolute atomic E-state index is 0. The van der Waals surface area contributed by atoms with Crippen LogP contribution in [0.25, 0.3) is 0 Å². The van der Waals surface area contributed by atoms with Crippen molar-refractivity contribution in [2.24, 2.45) is 0 Å². The average molecular weight is 317 g/mol. The van der Waals surface area contributed by atoms with Crippen LogP contribution in [0.5, 0.6) is 11.5 Å². The molecule has 0 saturated carbocycles. The van der Waals surface area contributed by atoms with Crippen molar-refractivity contribution in [2.75, 3.05) is 14.2 Å². The maximum absolute atomic E-state index is 11.1. The summed E-state index contributed by atoms with van der Waals surface area (Å²) < 4.78 is 10.3. The number of carbonyl (C=O) groups excluding carboxylic acids is 1. The normalized spacial score (nSPS) is 10.2. The van der Waals surface area contributed by atoms with Gasteiger partial charge in [-0.15, -0.1) is 0 Å². The molecule has 21 heavy (non-hydrogen) atoms. The van der Waals surface area contributed by atoms with Crippen LogP contribution in [0.2, 0.25) is 5.02 Å². The van der Waals surface area contributed by atoms with E-state index < -0.39 is 0 Å². The summed E-state index contributed by atoms with van der Waals surface area (Å²) in [4.78, 5) is 11.1. The first-order valence-electron chi connectivity index (χ1n) is 5.91. The number of halogens is 1. The number of benzene rings is 2. The number of rotatable bonds is 5. The summed E-state index contributed by atoms with van der Waals surface area (Å²) >= 11 is 6.13. The summed E-state index contributed by atoms with van der Waals surface area (Å²) in [7, 11) is 3.55. The molecule has 0 saturated heterocycles. The van der Waals surface area contributed by atoms with Crippen molar-refractivity contribution >= 4 is 55.9 Å². The van der Waals surface area contributed by atoms with Gasteiger partial charge in [-0.2, -0.15) is 0 Å². The van der Waals surface area contributed by atoms with Crippen molar-refractivity contribution in [2.45, 2.75) is 0 Å². The summed E-state index contributed by atoms with van der Waals surface area (Å²) in [5.74, 6) is 1.24. The van der Waals surface area contributed by atoms with Crippen molar-refractivity contribution in [3.8, 4) is 11.5 Å². The second-order valence-electron chi connectivity index (χ2n) is 4.05. The fourth-order valence-corrected chi connectivity index (χ4v) is 3.34. The van der Waals surface area contributed by atoms with Gasteiger partial charge in [0.25, 0.3) is 0 Å². The number of hydrogen-bond donors (Lipinski definition) is 0. The van der Waals surface area contributed by atoms with E-state index in [2.05, 4.69) is 0 Å². The Balaban J connectivity index is 0.00000220. The number of ether oxygens (including phenoxy) is 2. The summed E-state index contributed by atoms with van der Waals surface area (Å²) in [6.07, 6.45) is 0.757. The number of hydrogen-bond acceptors (Lipinski definition) is 3. The molecule has 0 fully saturated rings. The summed E-state index contributed by atoms with van der Waals surface area (Å²) in [5, 5.41) is 2.58. The molecule has 2 aromatic rings. The van der Waals surface area contributed by atoms with E-state index in [-0.39, 0.29) is 18.9 Å². The van der Waals surface area contributed by atoms with Gasteiger partial charge < -0.3 is 9.47 Å². The molecule has 6 heteroatoms. The van der Waals surface area contributed by atoms with Gasteiger partial charge in [-0.05, 0) is 34.9 Å². The molecule has 1 unspecified atom stereocenters. The van der Waals surface area contributed by atoms with Crippen molar-refractivity contribution in [1.29, 1.82) is 0 Å². The van der Waals surface area contributed by atoms with Gasteiger partial charge in [-0.1, -0.05) is 32.3 Å². The molecule has 0 radical (unpaired) electrons. The minimum atomic E-state index is 0. The molecular weight excluding hydrogens is 302 g/mol. The fourth-order valence-electron chi connectivity index (χ4n) is 1.83. The van der Waals surface area contributed by atoms with E-state index in [9.17, 15) is 4.79 Å². The summed E-state index contributed by atoms with van der Waals surface area (Å²) in [5.41, 5.74) is 0.469. The standard InChI is InChI=1S/C15H14ClO3P.Li.H/c1-18-11-3-5-12(6-4-11)20-13-7-10(9-17)15(19-2)14(16)8-13;;/h3-9,20H,1-2H3;;. The van der Waals surface area contributed by atoms with E-state index in [1.165, 1.54) is 7.11 Å². The van der Waals surface area contributed by atoms with Gasteiger partial charge in [0.1, 0.15) is 11.5 Å². The van der Waals surface area contributed by atoms with Gasteiger partial charge in [-0.25, -0.2) is 0 Å². The van der Waals surface area contributed by atoms with E-state index in [0.717, 1.165) is 22.6 Å². The van der Waals surface area contributed by atoms with Crippen molar-refractivity contribution in [3.63, 3.8) is 0 Å². The SMILES string of the molecule is COc1ccc(Pc2cc(Cl)c(OC)c(C=O)c2)cc1.[LiH]. The van der Waals surface area contributed by atoms with Crippen LogP contribution in [-0.2, 0) is 0 Å². The first kappa shape index (κ1) is 18.1. The number of methoxy groups -OCH3 is 2. The third kappa shape index (κ3) is 4.50. The molecule has 1 atom stereocenters. The zero-order valence-corrected chi connectivity index (χ0v) is 12.9. The van der Waals surface area contributed by atoms with Crippen LogP contribution in [0, 0.1) is 0 Å². The first-order valence-corrected chi connectivity index (χ1v) is 7.29. The zero-order chi connectivity index (χ0) is 14.5. The Kier molecular flexibility index (Phi) is 7.29. The molecule has 106 valence electrons. The van der Waals surface area contributed by atoms with Crippen molar-refractivity contribution < 1.29 is 14.3 Å². The van der Waals surface area contributed by atoms with Gasteiger partial charge in [0.2, 0.25) is 0 Å². The predicted octanol–water partition coefficient (Wildman–Crippen LogP) is 2.15. The van der Waals surface area contributed by atoms with Crippen molar-refractivity contribution in [1.82, 2.24) is 0 Å². The van der Waals surface area contributed by atoms with E-state index in [1.807, 2.05) is 30.3 Å². The molecule has 0 spiro atoms. The first-order chi connectivity index (χ1) is 9.67. The quantitative estimate of drug-likeness (QED) is 0.482. The van der Waals surface area contributed by atoms with E-state index >= 15 is 0 Å². The molecule has 0 bridgehead atoms. The van der Waals surface area contributed by atoms with Gasteiger partial charge >= 0.3 is 18.9 Å². The van der Waals surface area contributed by atoms with Crippen LogP contribution in [-0.4, -0.2) is 39.4 Å². The van der Waals surface area contributed by atoms with Crippen molar-refractivity contribution in [3.05, 3.63) is 47.0 Å². The molecule has 0 amide bonds. The van der Waals surface area contributed by atoms with Crippen LogP contribution >= 0.6 is 20.2 Å². The number of aldehydes is 1. The molecule has 2 aromatic carbocycles. The third-order valence-electron chi connectivity index (χ3n) is 2.78. The Labute approximate surface area is 142 Å². The van der Waals surface area contributed by atoms with E-state index in [0.29, 0.717) is 24.9 Å². The van der Waals surface area contributed by atoms with Crippen LogP contribution in [0.3, 0.4) is 0 Å². The van der Waals surface area contributed by atoms with Gasteiger partial charge in [0, 0.05) is 0 Å². The van der Waals surface area contributed by atoms with E-state index in [1.54, 1.807) is 13.2 Å².